The molecule has 0 amide bonds. The third-order valence-electron chi connectivity index (χ3n) is 2.66. The predicted octanol–water partition coefficient (Wildman–Crippen LogP) is 3.81. The first-order chi connectivity index (χ1) is 9.78. The SMILES string of the molecule is CCNC(=NCc1cccc(Cl)c1)NCc1ccco1.I. The maximum atomic E-state index is 5.96. The van der Waals surface area contributed by atoms with Crippen LogP contribution in [0.1, 0.15) is 18.2 Å². The molecule has 0 bridgehead atoms. The fourth-order valence-corrected chi connectivity index (χ4v) is 1.94. The minimum Gasteiger partial charge on any atom is -0.467 e. The molecule has 0 spiro atoms. The van der Waals surface area contributed by atoms with Gasteiger partial charge in [0.2, 0.25) is 0 Å². The Labute approximate surface area is 147 Å². The quantitative estimate of drug-likeness (QED) is 0.440. The second kappa shape index (κ2) is 9.68. The number of furan rings is 1. The fraction of sp³-hybridized carbons (Fsp3) is 0.267. The van der Waals surface area contributed by atoms with E-state index in [-0.39, 0.29) is 24.0 Å². The number of halogens is 2. The van der Waals surface area contributed by atoms with Gasteiger partial charge < -0.3 is 15.1 Å². The number of benzene rings is 1. The third-order valence-corrected chi connectivity index (χ3v) is 2.90. The van der Waals surface area contributed by atoms with Gasteiger partial charge in [-0.3, -0.25) is 0 Å². The smallest absolute Gasteiger partial charge is 0.191 e. The van der Waals surface area contributed by atoms with E-state index in [4.69, 9.17) is 16.0 Å². The Hall–Kier alpha value is -1.21. The molecule has 0 aliphatic carbocycles. The molecule has 1 heterocycles. The van der Waals surface area contributed by atoms with E-state index in [0.717, 1.165) is 28.9 Å². The van der Waals surface area contributed by atoms with E-state index in [1.54, 1.807) is 6.26 Å². The van der Waals surface area contributed by atoms with E-state index < -0.39 is 0 Å². The highest BCUT2D eigenvalue weighted by Gasteiger charge is 2.00. The topological polar surface area (TPSA) is 49.6 Å². The van der Waals surface area contributed by atoms with Gasteiger partial charge in [-0.15, -0.1) is 24.0 Å². The van der Waals surface area contributed by atoms with Gasteiger partial charge in [-0.1, -0.05) is 23.7 Å². The van der Waals surface area contributed by atoms with Crippen LogP contribution >= 0.6 is 35.6 Å². The van der Waals surface area contributed by atoms with Gasteiger partial charge in [0.05, 0.1) is 19.4 Å². The molecule has 114 valence electrons. The number of hydrogen-bond acceptors (Lipinski definition) is 2. The summed E-state index contributed by atoms with van der Waals surface area (Å²) < 4.78 is 5.28. The number of nitrogens with zero attached hydrogens (tertiary/aromatic N) is 1. The Morgan fingerprint density at radius 3 is 2.76 bits per heavy atom. The van der Waals surface area contributed by atoms with Crippen LogP contribution in [0.25, 0.3) is 0 Å². The van der Waals surface area contributed by atoms with Crippen LogP contribution in [0.3, 0.4) is 0 Å². The van der Waals surface area contributed by atoms with Crippen molar-refractivity contribution in [2.45, 2.75) is 20.0 Å². The van der Waals surface area contributed by atoms with Gasteiger partial charge in [-0.25, -0.2) is 4.99 Å². The Morgan fingerprint density at radius 1 is 1.24 bits per heavy atom. The zero-order valence-electron chi connectivity index (χ0n) is 11.8. The van der Waals surface area contributed by atoms with Gasteiger partial charge in [0.15, 0.2) is 5.96 Å². The molecule has 0 atom stereocenters. The van der Waals surface area contributed by atoms with Crippen LogP contribution in [-0.4, -0.2) is 12.5 Å². The van der Waals surface area contributed by atoms with Crippen molar-refractivity contribution in [3.8, 4) is 0 Å². The molecule has 0 saturated heterocycles. The number of aliphatic imine (C=N–C) groups is 1. The molecular formula is C15H19ClIN3O. The highest BCUT2D eigenvalue weighted by molar-refractivity contribution is 14.0. The van der Waals surface area contributed by atoms with Crippen molar-refractivity contribution >= 4 is 41.5 Å². The summed E-state index contributed by atoms with van der Waals surface area (Å²) in [5, 5.41) is 7.14. The molecule has 0 aliphatic heterocycles. The summed E-state index contributed by atoms with van der Waals surface area (Å²) in [7, 11) is 0. The first kappa shape index (κ1) is 17.8. The number of rotatable bonds is 5. The third kappa shape index (κ3) is 6.39. The lowest BCUT2D eigenvalue weighted by Gasteiger charge is -2.10. The summed E-state index contributed by atoms with van der Waals surface area (Å²) in [6, 6.07) is 11.5. The van der Waals surface area contributed by atoms with Crippen LogP contribution in [0, 0.1) is 0 Å². The van der Waals surface area contributed by atoms with Gasteiger partial charge in [0.1, 0.15) is 5.76 Å². The van der Waals surface area contributed by atoms with Crippen molar-refractivity contribution in [1.29, 1.82) is 0 Å². The summed E-state index contributed by atoms with van der Waals surface area (Å²) in [6.07, 6.45) is 1.66. The molecule has 1 aromatic heterocycles. The summed E-state index contributed by atoms with van der Waals surface area (Å²) in [6.45, 7) is 4.02. The average Bonchev–Trinajstić information content (AvgIpc) is 2.95. The molecule has 0 saturated carbocycles. The minimum atomic E-state index is 0. The largest absolute Gasteiger partial charge is 0.467 e. The lowest BCUT2D eigenvalue weighted by Crippen LogP contribution is -2.36. The van der Waals surface area contributed by atoms with Crippen LogP contribution in [0.2, 0.25) is 5.02 Å². The summed E-state index contributed by atoms with van der Waals surface area (Å²) in [5.74, 6) is 1.63. The van der Waals surface area contributed by atoms with Crippen LogP contribution in [0.5, 0.6) is 0 Å². The summed E-state index contributed by atoms with van der Waals surface area (Å²) >= 11 is 5.96. The second-order valence-electron chi connectivity index (χ2n) is 4.26. The van der Waals surface area contributed by atoms with Crippen molar-refractivity contribution in [1.82, 2.24) is 10.6 Å². The Kier molecular flexibility index (Phi) is 8.22. The van der Waals surface area contributed by atoms with Crippen molar-refractivity contribution in [2.75, 3.05) is 6.54 Å². The van der Waals surface area contributed by atoms with E-state index in [1.807, 2.05) is 43.3 Å². The molecule has 4 nitrogen and oxygen atoms in total. The standard InChI is InChI=1S/C15H18ClN3O.HI/c1-2-17-15(19-11-14-7-4-8-20-14)18-10-12-5-3-6-13(16)9-12;/h3-9H,2,10-11H2,1H3,(H2,17,18,19);1H. The van der Waals surface area contributed by atoms with Crippen LogP contribution in [-0.2, 0) is 13.1 Å². The van der Waals surface area contributed by atoms with Crippen LogP contribution in [0.15, 0.2) is 52.1 Å². The predicted molar refractivity (Wildman–Crippen MR) is 97.2 cm³/mol. The zero-order chi connectivity index (χ0) is 14.2. The summed E-state index contributed by atoms with van der Waals surface area (Å²) in [4.78, 5) is 4.52. The number of guanidine groups is 1. The highest BCUT2D eigenvalue weighted by Crippen LogP contribution is 2.11. The maximum absolute atomic E-state index is 5.96. The van der Waals surface area contributed by atoms with Crippen molar-refractivity contribution < 1.29 is 4.42 Å². The van der Waals surface area contributed by atoms with Gasteiger partial charge in [0.25, 0.3) is 0 Å². The monoisotopic (exact) mass is 419 g/mol. The molecule has 21 heavy (non-hydrogen) atoms. The molecule has 1 aromatic carbocycles. The fourth-order valence-electron chi connectivity index (χ4n) is 1.73. The number of hydrogen-bond donors (Lipinski definition) is 2. The van der Waals surface area contributed by atoms with E-state index in [0.29, 0.717) is 13.1 Å². The average molecular weight is 420 g/mol. The van der Waals surface area contributed by atoms with Crippen LogP contribution in [0.4, 0.5) is 0 Å². The van der Waals surface area contributed by atoms with Crippen molar-refractivity contribution in [3.63, 3.8) is 0 Å². The number of nitrogens with one attached hydrogen (secondary N) is 2. The Balaban J connectivity index is 0.00000220. The molecule has 6 heteroatoms. The molecule has 0 radical (unpaired) electrons. The first-order valence-corrected chi connectivity index (χ1v) is 6.94. The first-order valence-electron chi connectivity index (χ1n) is 6.57. The normalized spacial score (nSPS) is 10.9. The molecule has 0 aliphatic rings. The van der Waals surface area contributed by atoms with E-state index in [1.165, 1.54) is 0 Å². The lowest BCUT2D eigenvalue weighted by atomic mass is 10.2. The zero-order valence-corrected chi connectivity index (χ0v) is 14.9. The van der Waals surface area contributed by atoms with Gasteiger partial charge in [-0.05, 0) is 36.8 Å². The highest BCUT2D eigenvalue weighted by atomic mass is 127. The molecular weight excluding hydrogens is 401 g/mol. The Morgan fingerprint density at radius 2 is 2.10 bits per heavy atom. The molecule has 0 fully saturated rings. The van der Waals surface area contributed by atoms with Crippen molar-refractivity contribution in [3.05, 3.63) is 59.0 Å². The van der Waals surface area contributed by atoms with E-state index in [2.05, 4.69) is 15.6 Å². The minimum absolute atomic E-state index is 0. The van der Waals surface area contributed by atoms with Gasteiger partial charge >= 0.3 is 0 Å². The van der Waals surface area contributed by atoms with Gasteiger partial charge in [0, 0.05) is 11.6 Å². The molecule has 2 aromatic rings. The Bertz CT molecular complexity index is 558. The van der Waals surface area contributed by atoms with Gasteiger partial charge in [-0.2, -0.15) is 0 Å². The molecule has 2 N–H and O–H groups in total. The van der Waals surface area contributed by atoms with E-state index >= 15 is 0 Å². The second-order valence-corrected chi connectivity index (χ2v) is 4.69. The van der Waals surface area contributed by atoms with Crippen molar-refractivity contribution in [2.24, 2.45) is 4.99 Å². The lowest BCUT2D eigenvalue weighted by molar-refractivity contribution is 0.501. The molecule has 2 rings (SSSR count). The maximum Gasteiger partial charge on any atom is 0.191 e. The van der Waals surface area contributed by atoms with Crippen LogP contribution < -0.4 is 10.6 Å². The summed E-state index contributed by atoms with van der Waals surface area (Å²) in [5.41, 5.74) is 1.08. The molecule has 0 unspecified atom stereocenters. The van der Waals surface area contributed by atoms with E-state index in [9.17, 15) is 0 Å².